The zero-order valence-electron chi connectivity index (χ0n) is 12.1. The topological polar surface area (TPSA) is 69.4 Å². The third kappa shape index (κ3) is 3.09. The molecule has 0 aliphatic rings. The molecule has 112 valence electrons. The van der Waals surface area contributed by atoms with Crippen LogP contribution in [0.5, 0.6) is 5.75 Å². The third-order valence-corrected chi connectivity index (χ3v) is 5.78. The number of methoxy groups -OCH3 is 1. The zero-order valence-corrected chi connectivity index (χ0v) is 12.9. The highest BCUT2D eigenvalue weighted by atomic mass is 32.2. The van der Waals surface area contributed by atoms with Gasteiger partial charge in [0.2, 0.25) is 0 Å². The van der Waals surface area contributed by atoms with Crippen molar-refractivity contribution in [2.24, 2.45) is 5.73 Å². The molecule has 2 N–H and O–H groups in total. The van der Waals surface area contributed by atoms with Crippen LogP contribution in [0.15, 0.2) is 59.5 Å². The van der Waals surface area contributed by atoms with E-state index in [1.54, 1.807) is 31.2 Å². The second-order valence-electron chi connectivity index (χ2n) is 4.84. The first kappa shape index (κ1) is 15.5. The van der Waals surface area contributed by atoms with E-state index < -0.39 is 21.1 Å². The number of para-hydroxylation sites is 1. The predicted molar refractivity (Wildman–Crippen MR) is 83.0 cm³/mol. The van der Waals surface area contributed by atoms with E-state index in [-0.39, 0.29) is 4.90 Å². The lowest BCUT2D eigenvalue weighted by Crippen LogP contribution is -2.31. The first-order chi connectivity index (χ1) is 9.98. The first-order valence-corrected chi connectivity index (χ1v) is 8.20. The van der Waals surface area contributed by atoms with Crippen LogP contribution in [0.25, 0.3) is 0 Å². The molecule has 2 unspecified atom stereocenters. The summed E-state index contributed by atoms with van der Waals surface area (Å²) in [5, 5.41) is -0.754. The highest BCUT2D eigenvalue weighted by Crippen LogP contribution is 2.30. The van der Waals surface area contributed by atoms with E-state index in [0.717, 1.165) is 5.56 Å². The van der Waals surface area contributed by atoms with Gasteiger partial charge in [0.15, 0.2) is 9.84 Å². The molecular formula is C16H19NO3S. The average molecular weight is 305 g/mol. The highest BCUT2D eigenvalue weighted by molar-refractivity contribution is 7.92. The van der Waals surface area contributed by atoms with Crippen molar-refractivity contribution in [1.29, 1.82) is 0 Å². The molecule has 0 fully saturated rings. The van der Waals surface area contributed by atoms with Crippen molar-refractivity contribution >= 4 is 9.84 Å². The number of sulfone groups is 1. The van der Waals surface area contributed by atoms with E-state index in [0.29, 0.717) is 5.75 Å². The van der Waals surface area contributed by atoms with Gasteiger partial charge in [-0.2, -0.15) is 0 Å². The van der Waals surface area contributed by atoms with Gasteiger partial charge in [0, 0.05) is 6.04 Å². The van der Waals surface area contributed by atoms with E-state index >= 15 is 0 Å². The Hall–Kier alpha value is -1.85. The molecule has 0 aliphatic carbocycles. The fourth-order valence-electron chi connectivity index (χ4n) is 2.19. The normalized spacial score (nSPS) is 14.4. The molecule has 2 aromatic rings. The number of hydrogen-bond donors (Lipinski definition) is 1. The molecule has 0 heterocycles. The summed E-state index contributed by atoms with van der Waals surface area (Å²) < 4.78 is 30.7. The van der Waals surface area contributed by atoms with Crippen LogP contribution in [-0.4, -0.2) is 20.8 Å². The van der Waals surface area contributed by atoms with Crippen molar-refractivity contribution in [2.45, 2.75) is 23.1 Å². The fraction of sp³-hybridized carbons (Fsp3) is 0.250. The van der Waals surface area contributed by atoms with Gasteiger partial charge in [-0.15, -0.1) is 0 Å². The van der Waals surface area contributed by atoms with Gasteiger partial charge in [0.1, 0.15) is 10.6 Å². The summed E-state index contributed by atoms with van der Waals surface area (Å²) in [7, 11) is -2.12. The van der Waals surface area contributed by atoms with Crippen LogP contribution in [0.2, 0.25) is 0 Å². The Balaban J connectivity index is 2.39. The molecule has 0 aliphatic heterocycles. The Labute approximate surface area is 125 Å². The summed E-state index contributed by atoms with van der Waals surface area (Å²) in [4.78, 5) is 0.173. The van der Waals surface area contributed by atoms with Crippen molar-refractivity contribution < 1.29 is 13.2 Å². The number of rotatable bonds is 5. The summed E-state index contributed by atoms with van der Waals surface area (Å²) in [5.41, 5.74) is 6.93. The second-order valence-corrected chi connectivity index (χ2v) is 7.11. The minimum atomic E-state index is -3.58. The molecule has 0 aromatic heterocycles. The van der Waals surface area contributed by atoms with Crippen LogP contribution in [0.1, 0.15) is 18.5 Å². The summed E-state index contributed by atoms with van der Waals surface area (Å²) in [5.74, 6) is 0.338. The summed E-state index contributed by atoms with van der Waals surface area (Å²) in [6.45, 7) is 1.62. The third-order valence-electron chi connectivity index (χ3n) is 3.56. The van der Waals surface area contributed by atoms with Crippen LogP contribution >= 0.6 is 0 Å². The molecule has 0 amide bonds. The van der Waals surface area contributed by atoms with E-state index in [1.807, 2.05) is 30.3 Å². The Morgan fingerprint density at radius 3 is 2.19 bits per heavy atom. The maximum Gasteiger partial charge on any atom is 0.186 e. The van der Waals surface area contributed by atoms with Crippen molar-refractivity contribution in [3.8, 4) is 5.75 Å². The lowest BCUT2D eigenvalue weighted by Gasteiger charge is -2.21. The largest absolute Gasteiger partial charge is 0.495 e. The number of nitrogens with two attached hydrogens (primary N) is 1. The van der Waals surface area contributed by atoms with Gasteiger partial charge in [0.25, 0.3) is 0 Å². The molecule has 2 aromatic carbocycles. The molecule has 21 heavy (non-hydrogen) atoms. The number of hydrogen-bond acceptors (Lipinski definition) is 4. The summed E-state index contributed by atoms with van der Waals surface area (Å²) >= 11 is 0. The maximum atomic E-state index is 12.8. The quantitative estimate of drug-likeness (QED) is 0.921. The standard InChI is InChI=1S/C16H19NO3S/c1-12(16(17)13-8-4-3-5-9-13)21(18,19)15-11-7-6-10-14(15)20-2/h3-12,16H,17H2,1-2H3. The van der Waals surface area contributed by atoms with Crippen LogP contribution in [0.4, 0.5) is 0 Å². The maximum absolute atomic E-state index is 12.8. The minimum absolute atomic E-state index is 0.173. The van der Waals surface area contributed by atoms with E-state index in [1.165, 1.54) is 7.11 Å². The fourth-order valence-corrected chi connectivity index (χ4v) is 3.84. The van der Waals surface area contributed by atoms with E-state index in [9.17, 15) is 8.42 Å². The smallest absolute Gasteiger partial charge is 0.186 e. The molecule has 0 spiro atoms. The van der Waals surface area contributed by atoms with E-state index in [2.05, 4.69) is 0 Å². The Morgan fingerprint density at radius 2 is 1.57 bits per heavy atom. The minimum Gasteiger partial charge on any atom is -0.495 e. The summed E-state index contributed by atoms with van der Waals surface area (Å²) in [6, 6.07) is 15.2. The summed E-state index contributed by atoms with van der Waals surface area (Å²) in [6.07, 6.45) is 0. The van der Waals surface area contributed by atoms with Crippen molar-refractivity contribution in [3.05, 3.63) is 60.2 Å². The Kier molecular flexibility index (Phi) is 4.65. The number of ether oxygens (including phenoxy) is 1. The van der Waals surface area contributed by atoms with Gasteiger partial charge in [-0.05, 0) is 24.6 Å². The van der Waals surface area contributed by atoms with Crippen LogP contribution in [-0.2, 0) is 9.84 Å². The van der Waals surface area contributed by atoms with Crippen LogP contribution < -0.4 is 10.5 Å². The monoisotopic (exact) mass is 305 g/mol. The predicted octanol–water partition coefficient (Wildman–Crippen LogP) is 2.56. The molecule has 2 atom stereocenters. The zero-order chi connectivity index (χ0) is 15.5. The molecular weight excluding hydrogens is 286 g/mol. The highest BCUT2D eigenvalue weighted by Gasteiger charge is 2.31. The molecule has 4 nitrogen and oxygen atoms in total. The van der Waals surface area contributed by atoms with Crippen LogP contribution in [0, 0.1) is 0 Å². The first-order valence-electron chi connectivity index (χ1n) is 6.66. The molecule has 0 saturated heterocycles. The lowest BCUT2D eigenvalue weighted by molar-refractivity contribution is 0.402. The molecule has 0 bridgehead atoms. The lowest BCUT2D eigenvalue weighted by atomic mass is 10.1. The van der Waals surface area contributed by atoms with Gasteiger partial charge < -0.3 is 10.5 Å². The van der Waals surface area contributed by atoms with Gasteiger partial charge in [-0.1, -0.05) is 42.5 Å². The second kappa shape index (κ2) is 6.28. The average Bonchev–Trinajstić information content (AvgIpc) is 2.54. The van der Waals surface area contributed by atoms with Crippen molar-refractivity contribution in [3.63, 3.8) is 0 Å². The van der Waals surface area contributed by atoms with Gasteiger partial charge >= 0.3 is 0 Å². The van der Waals surface area contributed by atoms with Crippen molar-refractivity contribution in [1.82, 2.24) is 0 Å². The van der Waals surface area contributed by atoms with Crippen LogP contribution in [0.3, 0.4) is 0 Å². The van der Waals surface area contributed by atoms with Gasteiger partial charge in [-0.25, -0.2) is 8.42 Å². The molecule has 0 saturated carbocycles. The molecule has 5 heteroatoms. The van der Waals surface area contributed by atoms with Gasteiger partial charge in [-0.3, -0.25) is 0 Å². The SMILES string of the molecule is COc1ccccc1S(=O)(=O)C(C)C(N)c1ccccc1. The Morgan fingerprint density at radius 1 is 1.00 bits per heavy atom. The number of benzene rings is 2. The van der Waals surface area contributed by atoms with E-state index in [4.69, 9.17) is 10.5 Å². The van der Waals surface area contributed by atoms with Crippen molar-refractivity contribution in [2.75, 3.05) is 7.11 Å². The Bertz CT molecular complexity index is 698. The van der Waals surface area contributed by atoms with Gasteiger partial charge in [0.05, 0.1) is 12.4 Å². The molecule has 0 radical (unpaired) electrons. The molecule has 2 rings (SSSR count).